The number of anilines is 1. The van der Waals surface area contributed by atoms with Crippen molar-refractivity contribution in [3.8, 4) is 11.1 Å². The number of aromatic nitrogens is 3. The Labute approximate surface area is 197 Å². The van der Waals surface area contributed by atoms with Crippen LogP contribution in [0.25, 0.3) is 22.2 Å². The quantitative estimate of drug-likeness (QED) is 0.419. The Morgan fingerprint density at radius 2 is 1.91 bits per heavy atom. The summed E-state index contributed by atoms with van der Waals surface area (Å²) in [7, 11) is 0. The van der Waals surface area contributed by atoms with Crippen LogP contribution < -0.4 is 16.0 Å². The number of aromatic amines is 1. The highest BCUT2D eigenvalue weighted by atomic mass is 35.5. The molecule has 0 aliphatic carbocycles. The molecule has 1 saturated heterocycles. The van der Waals surface area contributed by atoms with E-state index in [0.29, 0.717) is 37.5 Å². The van der Waals surface area contributed by atoms with Crippen molar-refractivity contribution >= 4 is 34.4 Å². The largest absolute Gasteiger partial charge is 0.356 e. The molecule has 4 N–H and O–H groups in total. The second kappa shape index (κ2) is 8.84. The first-order chi connectivity index (χ1) is 16.0. The van der Waals surface area contributed by atoms with Crippen molar-refractivity contribution in [2.45, 2.75) is 24.9 Å². The van der Waals surface area contributed by atoms with Crippen LogP contribution in [0.4, 0.5) is 5.82 Å². The van der Waals surface area contributed by atoms with Crippen molar-refractivity contribution in [1.82, 2.24) is 20.3 Å². The van der Waals surface area contributed by atoms with E-state index in [0.717, 1.165) is 33.5 Å². The van der Waals surface area contributed by atoms with Gasteiger partial charge >= 0.3 is 0 Å². The maximum Gasteiger partial charge on any atom is 0.240 e. The molecule has 0 unspecified atom stereocenters. The molecule has 5 rings (SSSR count). The third-order valence-electron chi connectivity index (χ3n) is 6.31. The molecule has 7 nitrogen and oxygen atoms in total. The molecule has 1 amide bonds. The van der Waals surface area contributed by atoms with Gasteiger partial charge < -0.3 is 20.9 Å². The number of nitrogens with zero attached hydrogens (tertiary/aromatic N) is 3. The maximum atomic E-state index is 13.0. The lowest BCUT2D eigenvalue weighted by atomic mass is 9.87. The number of amides is 1. The standard InChI is InChI=1S/C25H25ClN6O/c26-21-7-6-17(14-20(21)18-4-2-1-3-5-18)15-29-24(33)25(27)9-12-32(13-10-25)23-19-8-11-28-22(19)30-16-31-23/h1-8,11,14,16H,9-10,12-13,15,27H2,(H,29,33)(H,28,30,31). The fourth-order valence-electron chi connectivity index (χ4n) is 4.33. The van der Waals surface area contributed by atoms with E-state index in [1.165, 1.54) is 0 Å². The third kappa shape index (κ3) is 4.29. The minimum Gasteiger partial charge on any atom is -0.356 e. The Kier molecular flexibility index (Phi) is 5.74. The van der Waals surface area contributed by atoms with Gasteiger partial charge in [0.05, 0.1) is 10.9 Å². The first kappa shape index (κ1) is 21.4. The number of piperidine rings is 1. The van der Waals surface area contributed by atoms with Crippen LogP contribution in [0, 0.1) is 0 Å². The summed E-state index contributed by atoms with van der Waals surface area (Å²) in [5.74, 6) is 0.742. The number of nitrogens with two attached hydrogens (primary N) is 1. The molecule has 33 heavy (non-hydrogen) atoms. The summed E-state index contributed by atoms with van der Waals surface area (Å²) in [6.45, 7) is 1.70. The highest BCUT2D eigenvalue weighted by Gasteiger charge is 2.38. The number of hydrogen-bond acceptors (Lipinski definition) is 5. The van der Waals surface area contributed by atoms with Crippen LogP contribution >= 0.6 is 11.6 Å². The summed E-state index contributed by atoms with van der Waals surface area (Å²) in [6, 6.07) is 17.7. The van der Waals surface area contributed by atoms with Crippen molar-refractivity contribution in [3.05, 3.63) is 77.7 Å². The topological polar surface area (TPSA) is 99.9 Å². The van der Waals surface area contributed by atoms with Gasteiger partial charge in [0.2, 0.25) is 5.91 Å². The van der Waals surface area contributed by atoms with Gasteiger partial charge in [0, 0.05) is 36.4 Å². The van der Waals surface area contributed by atoms with Gasteiger partial charge in [-0.25, -0.2) is 9.97 Å². The Morgan fingerprint density at radius 3 is 2.70 bits per heavy atom. The molecule has 2 aromatic carbocycles. The minimum atomic E-state index is -0.907. The fraction of sp³-hybridized carbons (Fsp3) is 0.240. The van der Waals surface area contributed by atoms with E-state index in [1.807, 2.05) is 60.8 Å². The first-order valence-electron chi connectivity index (χ1n) is 11.0. The molecule has 3 heterocycles. The van der Waals surface area contributed by atoms with Crippen LogP contribution in [-0.4, -0.2) is 39.5 Å². The van der Waals surface area contributed by atoms with Gasteiger partial charge in [0.1, 0.15) is 17.8 Å². The zero-order chi connectivity index (χ0) is 22.8. The Hall–Kier alpha value is -3.42. The average Bonchev–Trinajstić information content (AvgIpc) is 3.33. The predicted molar refractivity (Wildman–Crippen MR) is 131 cm³/mol. The predicted octanol–water partition coefficient (Wildman–Crippen LogP) is 3.89. The van der Waals surface area contributed by atoms with Gasteiger partial charge in [-0.1, -0.05) is 48.0 Å². The minimum absolute atomic E-state index is 0.132. The van der Waals surface area contributed by atoms with E-state index in [9.17, 15) is 4.79 Å². The van der Waals surface area contributed by atoms with Crippen LogP contribution in [0.5, 0.6) is 0 Å². The second-order valence-corrected chi connectivity index (χ2v) is 8.85. The number of H-pyrrole nitrogens is 1. The van der Waals surface area contributed by atoms with Crippen LogP contribution in [0.2, 0.25) is 5.02 Å². The molecule has 0 saturated carbocycles. The number of halogens is 1. The zero-order valence-corrected chi connectivity index (χ0v) is 18.8. The second-order valence-electron chi connectivity index (χ2n) is 8.44. The highest BCUT2D eigenvalue weighted by Crippen LogP contribution is 2.30. The van der Waals surface area contributed by atoms with Gasteiger partial charge in [0.25, 0.3) is 0 Å². The molecule has 1 aliphatic heterocycles. The van der Waals surface area contributed by atoms with Gasteiger partial charge in [-0.3, -0.25) is 4.79 Å². The van der Waals surface area contributed by atoms with Crippen molar-refractivity contribution in [2.75, 3.05) is 18.0 Å². The van der Waals surface area contributed by atoms with E-state index < -0.39 is 5.54 Å². The van der Waals surface area contributed by atoms with E-state index >= 15 is 0 Å². The van der Waals surface area contributed by atoms with Crippen molar-refractivity contribution in [1.29, 1.82) is 0 Å². The Balaban J connectivity index is 1.23. The lowest BCUT2D eigenvalue weighted by Gasteiger charge is -2.38. The molecule has 1 aliphatic rings. The van der Waals surface area contributed by atoms with E-state index in [2.05, 4.69) is 25.2 Å². The molecule has 0 bridgehead atoms. The van der Waals surface area contributed by atoms with Crippen molar-refractivity contribution in [3.63, 3.8) is 0 Å². The SMILES string of the molecule is NC1(C(=O)NCc2ccc(Cl)c(-c3ccccc3)c2)CCN(c2ncnc3[nH]ccc23)CC1. The molecule has 0 atom stereocenters. The summed E-state index contributed by atoms with van der Waals surface area (Å²) >= 11 is 6.41. The molecule has 4 aromatic rings. The number of hydrogen-bond donors (Lipinski definition) is 3. The van der Waals surface area contributed by atoms with E-state index in [1.54, 1.807) is 6.33 Å². The monoisotopic (exact) mass is 460 g/mol. The van der Waals surface area contributed by atoms with Gasteiger partial charge in [0.15, 0.2) is 0 Å². The number of carbonyl (C=O) groups excluding carboxylic acids is 1. The molecule has 0 radical (unpaired) electrons. The third-order valence-corrected chi connectivity index (χ3v) is 6.64. The lowest BCUT2D eigenvalue weighted by Crippen LogP contribution is -2.59. The smallest absolute Gasteiger partial charge is 0.240 e. The summed E-state index contributed by atoms with van der Waals surface area (Å²) in [5.41, 5.74) is 9.41. The summed E-state index contributed by atoms with van der Waals surface area (Å²) in [6.07, 6.45) is 4.50. The Morgan fingerprint density at radius 1 is 1.12 bits per heavy atom. The maximum absolute atomic E-state index is 13.0. The van der Waals surface area contributed by atoms with Gasteiger partial charge in [-0.2, -0.15) is 0 Å². The van der Waals surface area contributed by atoms with Gasteiger partial charge in [-0.15, -0.1) is 0 Å². The lowest BCUT2D eigenvalue weighted by molar-refractivity contribution is -0.127. The van der Waals surface area contributed by atoms with Crippen LogP contribution in [0.3, 0.4) is 0 Å². The summed E-state index contributed by atoms with van der Waals surface area (Å²) in [5, 5.41) is 4.69. The van der Waals surface area contributed by atoms with Crippen LogP contribution in [-0.2, 0) is 11.3 Å². The zero-order valence-electron chi connectivity index (χ0n) is 18.1. The van der Waals surface area contributed by atoms with E-state index in [-0.39, 0.29) is 5.91 Å². The molecule has 8 heteroatoms. The van der Waals surface area contributed by atoms with Crippen LogP contribution in [0.1, 0.15) is 18.4 Å². The number of nitrogens with one attached hydrogen (secondary N) is 2. The molecule has 1 fully saturated rings. The summed E-state index contributed by atoms with van der Waals surface area (Å²) in [4.78, 5) is 27.0. The number of rotatable bonds is 5. The molecular formula is C25H25ClN6O. The van der Waals surface area contributed by atoms with Crippen molar-refractivity contribution < 1.29 is 4.79 Å². The van der Waals surface area contributed by atoms with Crippen LogP contribution in [0.15, 0.2) is 67.1 Å². The molecular weight excluding hydrogens is 436 g/mol. The van der Waals surface area contributed by atoms with Crippen molar-refractivity contribution in [2.24, 2.45) is 5.73 Å². The normalized spacial score (nSPS) is 15.5. The average molecular weight is 461 g/mol. The molecule has 2 aromatic heterocycles. The molecule has 168 valence electrons. The first-order valence-corrected chi connectivity index (χ1v) is 11.4. The highest BCUT2D eigenvalue weighted by molar-refractivity contribution is 6.33. The number of fused-ring (bicyclic) bond motifs is 1. The summed E-state index contributed by atoms with van der Waals surface area (Å²) < 4.78 is 0. The number of benzene rings is 2. The van der Waals surface area contributed by atoms with E-state index in [4.69, 9.17) is 17.3 Å². The van der Waals surface area contributed by atoms with Gasteiger partial charge in [-0.05, 0) is 42.2 Å². The fourth-order valence-corrected chi connectivity index (χ4v) is 4.56. The number of carbonyl (C=O) groups is 1. The molecule has 0 spiro atoms. The Bertz CT molecular complexity index is 1280.